The molecule has 1 amide bonds. The second-order valence-electron chi connectivity index (χ2n) is 6.86. The minimum absolute atomic E-state index is 0.101. The van der Waals surface area contributed by atoms with Crippen molar-refractivity contribution in [2.75, 3.05) is 31.6 Å². The SMILES string of the molecule is O=C(Nc1ccc(Cl)c(F)c1)OC(CN1CCOC(c2ccc(F)cc2)C1)C(F)(F)F. The molecule has 2 aromatic carbocycles. The molecule has 1 saturated heterocycles. The third-order valence-corrected chi connectivity index (χ3v) is 4.90. The van der Waals surface area contributed by atoms with Crippen LogP contribution in [0.1, 0.15) is 11.7 Å². The molecule has 0 saturated carbocycles. The van der Waals surface area contributed by atoms with Gasteiger partial charge in [0.25, 0.3) is 0 Å². The van der Waals surface area contributed by atoms with E-state index in [1.165, 1.54) is 35.2 Å². The summed E-state index contributed by atoms with van der Waals surface area (Å²) in [5, 5.41) is 1.85. The molecule has 0 aliphatic carbocycles. The highest BCUT2D eigenvalue weighted by Gasteiger charge is 2.44. The zero-order valence-corrected chi connectivity index (χ0v) is 16.7. The van der Waals surface area contributed by atoms with Gasteiger partial charge in [-0.25, -0.2) is 13.6 Å². The zero-order chi connectivity index (χ0) is 22.6. The van der Waals surface area contributed by atoms with Crippen molar-refractivity contribution in [1.82, 2.24) is 4.90 Å². The molecule has 3 rings (SSSR count). The molecule has 11 heteroatoms. The van der Waals surface area contributed by atoms with Crippen molar-refractivity contribution in [3.63, 3.8) is 0 Å². The van der Waals surface area contributed by atoms with E-state index in [9.17, 15) is 26.7 Å². The second kappa shape index (κ2) is 9.80. The van der Waals surface area contributed by atoms with Crippen LogP contribution in [0.5, 0.6) is 0 Å². The fourth-order valence-electron chi connectivity index (χ4n) is 3.04. The molecule has 0 spiro atoms. The highest BCUT2D eigenvalue weighted by atomic mass is 35.5. The molecule has 2 atom stereocenters. The first-order valence-electron chi connectivity index (χ1n) is 9.20. The summed E-state index contributed by atoms with van der Waals surface area (Å²) in [5.74, 6) is -1.28. The molecule has 31 heavy (non-hydrogen) atoms. The van der Waals surface area contributed by atoms with E-state index in [0.29, 0.717) is 5.56 Å². The molecule has 0 bridgehead atoms. The van der Waals surface area contributed by atoms with Gasteiger partial charge in [-0.3, -0.25) is 10.2 Å². The van der Waals surface area contributed by atoms with Crippen LogP contribution >= 0.6 is 11.6 Å². The average Bonchev–Trinajstić information content (AvgIpc) is 2.70. The quantitative estimate of drug-likeness (QED) is 0.620. The number of morpholine rings is 1. The van der Waals surface area contributed by atoms with Crippen LogP contribution in [0.4, 0.5) is 32.4 Å². The number of hydrogen-bond donors (Lipinski definition) is 1. The van der Waals surface area contributed by atoms with Gasteiger partial charge in [0.2, 0.25) is 6.10 Å². The third-order valence-electron chi connectivity index (χ3n) is 4.60. The van der Waals surface area contributed by atoms with Crippen molar-refractivity contribution in [2.24, 2.45) is 0 Å². The van der Waals surface area contributed by atoms with Crippen molar-refractivity contribution in [3.8, 4) is 0 Å². The van der Waals surface area contributed by atoms with Crippen LogP contribution in [0.15, 0.2) is 42.5 Å². The van der Waals surface area contributed by atoms with E-state index in [1.54, 1.807) is 0 Å². The summed E-state index contributed by atoms with van der Waals surface area (Å²) in [6.07, 6.45) is -9.18. The molecule has 1 aliphatic heterocycles. The van der Waals surface area contributed by atoms with Gasteiger partial charge < -0.3 is 9.47 Å². The van der Waals surface area contributed by atoms with Gasteiger partial charge in [0, 0.05) is 25.3 Å². The molecule has 5 nitrogen and oxygen atoms in total. The smallest absolute Gasteiger partial charge is 0.426 e. The predicted octanol–water partition coefficient (Wildman–Crippen LogP) is 5.17. The summed E-state index contributed by atoms with van der Waals surface area (Å²) >= 11 is 5.53. The fraction of sp³-hybridized carbons (Fsp3) is 0.350. The van der Waals surface area contributed by atoms with E-state index < -0.39 is 42.7 Å². The van der Waals surface area contributed by atoms with Crippen LogP contribution < -0.4 is 5.32 Å². The minimum atomic E-state index is -4.83. The van der Waals surface area contributed by atoms with Gasteiger partial charge in [-0.15, -0.1) is 0 Å². The number of nitrogens with one attached hydrogen (secondary N) is 1. The van der Waals surface area contributed by atoms with Crippen LogP contribution in [0.25, 0.3) is 0 Å². The van der Waals surface area contributed by atoms with Crippen molar-refractivity contribution in [2.45, 2.75) is 18.4 Å². The zero-order valence-electron chi connectivity index (χ0n) is 16.0. The van der Waals surface area contributed by atoms with Gasteiger partial charge in [0.15, 0.2) is 0 Å². The van der Waals surface area contributed by atoms with Crippen molar-refractivity contribution in [3.05, 3.63) is 64.7 Å². The molecule has 1 heterocycles. The Morgan fingerprint density at radius 2 is 1.94 bits per heavy atom. The highest BCUT2D eigenvalue weighted by molar-refractivity contribution is 6.30. The Kier molecular flexibility index (Phi) is 7.34. The molecule has 1 aliphatic rings. The van der Waals surface area contributed by atoms with Gasteiger partial charge in [-0.2, -0.15) is 13.2 Å². The molecular weight excluding hydrogens is 447 g/mol. The van der Waals surface area contributed by atoms with E-state index in [1.807, 2.05) is 0 Å². The fourth-order valence-corrected chi connectivity index (χ4v) is 3.16. The molecular formula is C20H18ClF5N2O3. The number of hydrogen-bond acceptors (Lipinski definition) is 4. The number of nitrogens with zero attached hydrogens (tertiary/aromatic N) is 1. The van der Waals surface area contributed by atoms with Gasteiger partial charge in [0.1, 0.15) is 11.6 Å². The molecule has 168 valence electrons. The van der Waals surface area contributed by atoms with E-state index in [2.05, 4.69) is 10.1 Å². The van der Waals surface area contributed by atoms with E-state index in [-0.39, 0.29) is 30.4 Å². The Morgan fingerprint density at radius 1 is 1.23 bits per heavy atom. The summed E-state index contributed by atoms with van der Waals surface area (Å²) < 4.78 is 77.1. The lowest BCUT2D eigenvalue weighted by Gasteiger charge is -2.35. The maximum atomic E-state index is 13.5. The Morgan fingerprint density at radius 3 is 2.58 bits per heavy atom. The maximum absolute atomic E-state index is 13.5. The predicted molar refractivity (Wildman–Crippen MR) is 103 cm³/mol. The number of amides is 1. The number of rotatable bonds is 5. The van der Waals surface area contributed by atoms with Crippen LogP contribution in [0.2, 0.25) is 5.02 Å². The summed E-state index contributed by atoms with van der Waals surface area (Å²) in [6, 6.07) is 8.72. The van der Waals surface area contributed by atoms with Gasteiger partial charge >= 0.3 is 12.3 Å². The third kappa shape index (κ3) is 6.52. The normalized spacial score (nSPS) is 18.5. The van der Waals surface area contributed by atoms with Crippen molar-refractivity contribution >= 4 is 23.4 Å². The Bertz CT molecular complexity index is 911. The molecule has 2 unspecified atom stereocenters. The monoisotopic (exact) mass is 464 g/mol. The number of ether oxygens (including phenoxy) is 2. The average molecular weight is 465 g/mol. The summed E-state index contributed by atoms with van der Waals surface area (Å²) in [4.78, 5) is 13.4. The van der Waals surface area contributed by atoms with Crippen LogP contribution in [-0.2, 0) is 9.47 Å². The standard InChI is InChI=1S/C20H18ClF5N2O3/c21-15-6-5-14(9-16(15)23)27-19(29)31-18(20(24,25)26)11-28-7-8-30-17(10-28)12-1-3-13(22)4-2-12/h1-6,9,17-18H,7-8,10-11H2,(H,27,29). The number of carbonyl (C=O) groups is 1. The molecule has 1 fully saturated rings. The van der Waals surface area contributed by atoms with Gasteiger partial charge in [0.05, 0.1) is 17.7 Å². The number of halogens is 6. The van der Waals surface area contributed by atoms with Gasteiger partial charge in [-0.1, -0.05) is 23.7 Å². The van der Waals surface area contributed by atoms with Crippen LogP contribution in [-0.4, -0.2) is 49.5 Å². The van der Waals surface area contributed by atoms with Crippen molar-refractivity contribution in [1.29, 1.82) is 0 Å². The minimum Gasteiger partial charge on any atom is -0.435 e. The Hall–Kier alpha value is -2.43. The second-order valence-corrected chi connectivity index (χ2v) is 7.27. The summed E-state index contributed by atoms with van der Waals surface area (Å²) in [5.41, 5.74) is 0.522. The maximum Gasteiger partial charge on any atom is 0.426 e. The Labute approximate surface area is 179 Å². The largest absolute Gasteiger partial charge is 0.435 e. The molecule has 0 aromatic heterocycles. The van der Waals surface area contributed by atoms with E-state index in [4.69, 9.17) is 16.3 Å². The van der Waals surface area contributed by atoms with Gasteiger partial charge in [-0.05, 0) is 35.9 Å². The number of alkyl halides is 3. The first-order valence-corrected chi connectivity index (χ1v) is 9.58. The first-order chi connectivity index (χ1) is 14.6. The first kappa shape index (κ1) is 23.2. The number of benzene rings is 2. The molecule has 2 aromatic rings. The number of anilines is 1. The van der Waals surface area contributed by atoms with Crippen LogP contribution in [0, 0.1) is 11.6 Å². The van der Waals surface area contributed by atoms with E-state index >= 15 is 0 Å². The van der Waals surface area contributed by atoms with Crippen LogP contribution in [0.3, 0.4) is 0 Å². The molecule has 1 N–H and O–H groups in total. The lowest BCUT2D eigenvalue weighted by atomic mass is 10.1. The summed E-state index contributed by atoms with van der Waals surface area (Å²) in [7, 11) is 0. The van der Waals surface area contributed by atoms with Crippen molar-refractivity contribution < 1.29 is 36.2 Å². The Balaban J connectivity index is 1.63. The molecule has 0 radical (unpaired) electrons. The van der Waals surface area contributed by atoms with E-state index in [0.717, 1.165) is 12.1 Å². The topological polar surface area (TPSA) is 50.8 Å². The number of carbonyl (C=O) groups excluding carboxylic acids is 1. The lowest BCUT2D eigenvalue weighted by molar-refractivity contribution is -0.209. The lowest BCUT2D eigenvalue weighted by Crippen LogP contribution is -2.48. The highest BCUT2D eigenvalue weighted by Crippen LogP contribution is 2.28. The summed E-state index contributed by atoms with van der Waals surface area (Å²) in [6.45, 7) is -0.168.